The average molecular weight is 204 g/mol. The van der Waals surface area contributed by atoms with Crippen molar-refractivity contribution in [3.05, 3.63) is 23.7 Å². The number of hydrogen-bond donors (Lipinski definition) is 1. The van der Waals surface area contributed by atoms with Crippen molar-refractivity contribution in [1.82, 2.24) is 0 Å². The van der Waals surface area contributed by atoms with Gasteiger partial charge in [0.1, 0.15) is 5.76 Å². The molecule has 5 heteroatoms. The molecule has 0 saturated heterocycles. The third-order valence-electron chi connectivity index (χ3n) is 1.19. The first kappa shape index (κ1) is 9.54. The molecule has 1 N–H and O–H groups in total. The van der Waals surface area contributed by atoms with Crippen LogP contribution in [0.1, 0.15) is 16.3 Å². The van der Waals surface area contributed by atoms with E-state index >= 15 is 0 Å². The highest BCUT2D eigenvalue weighted by atomic mass is 33.1. The Kier molecular flexibility index (Phi) is 3.55. The molecule has 66 valence electrons. The Morgan fingerprint density at radius 3 is 2.92 bits per heavy atom. The van der Waals surface area contributed by atoms with Crippen LogP contribution in [0.2, 0.25) is 0 Å². The third-order valence-corrected chi connectivity index (χ3v) is 2.89. The van der Waals surface area contributed by atoms with Crippen LogP contribution >= 0.6 is 21.6 Å². The van der Waals surface area contributed by atoms with Gasteiger partial charge in [0.05, 0.1) is 5.75 Å². The van der Waals surface area contributed by atoms with Crippen LogP contribution in [0.15, 0.2) is 16.5 Å². The number of carbonyl (C=O) groups is 1. The molecule has 0 bridgehead atoms. The summed E-state index contributed by atoms with van der Waals surface area (Å²) in [5.41, 5.74) is 0. The van der Waals surface area contributed by atoms with Gasteiger partial charge in [-0.3, -0.25) is 0 Å². The zero-order valence-corrected chi connectivity index (χ0v) is 8.08. The molecule has 1 aromatic rings. The minimum absolute atomic E-state index is 0.00621. The normalized spacial score (nSPS) is 10.1. The molecule has 0 aliphatic rings. The van der Waals surface area contributed by atoms with Gasteiger partial charge in [0, 0.05) is 0 Å². The summed E-state index contributed by atoms with van der Waals surface area (Å²) in [4.78, 5) is 10.4. The highest BCUT2D eigenvalue weighted by Gasteiger charge is 2.07. The highest BCUT2D eigenvalue weighted by molar-refractivity contribution is 8.76. The molecule has 0 spiro atoms. The van der Waals surface area contributed by atoms with Crippen molar-refractivity contribution >= 4 is 27.6 Å². The summed E-state index contributed by atoms with van der Waals surface area (Å²) in [7, 11) is 3.24. The molecule has 0 aromatic carbocycles. The maximum Gasteiger partial charge on any atom is 0.371 e. The zero-order chi connectivity index (χ0) is 8.97. The molecule has 12 heavy (non-hydrogen) atoms. The zero-order valence-electron chi connectivity index (χ0n) is 6.44. The first-order valence-electron chi connectivity index (χ1n) is 3.21. The molecule has 0 aliphatic carbocycles. The Morgan fingerprint density at radius 1 is 1.67 bits per heavy atom. The number of rotatable bonds is 4. The van der Waals surface area contributed by atoms with Crippen LogP contribution in [-0.4, -0.2) is 17.3 Å². The molecule has 0 aliphatic heterocycles. The van der Waals surface area contributed by atoms with Gasteiger partial charge < -0.3 is 9.52 Å². The summed E-state index contributed by atoms with van der Waals surface area (Å²) in [6.45, 7) is 0. The molecule has 3 nitrogen and oxygen atoms in total. The topological polar surface area (TPSA) is 50.4 Å². The van der Waals surface area contributed by atoms with Crippen LogP contribution in [0.25, 0.3) is 0 Å². The van der Waals surface area contributed by atoms with E-state index in [2.05, 4.69) is 0 Å². The maximum absolute atomic E-state index is 10.4. The molecule has 0 atom stereocenters. The molecule has 1 aromatic heterocycles. The van der Waals surface area contributed by atoms with E-state index in [1.165, 1.54) is 6.07 Å². The lowest BCUT2D eigenvalue weighted by Crippen LogP contribution is -1.91. The van der Waals surface area contributed by atoms with E-state index in [9.17, 15) is 4.79 Å². The number of carboxylic acid groups (broad SMARTS) is 1. The summed E-state index contributed by atoms with van der Waals surface area (Å²) >= 11 is 0. The average Bonchev–Trinajstić information content (AvgIpc) is 2.48. The van der Waals surface area contributed by atoms with Crippen LogP contribution in [0.5, 0.6) is 0 Å². The van der Waals surface area contributed by atoms with E-state index in [1.807, 2.05) is 6.26 Å². The van der Waals surface area contributed by atoms with E-state index in [0.29, 0.717) is 11.5 Å². The van der Waals surface area contributed by atoms with Crippen LogP contribution < -0.4 is 0 Å². The summed E-state index contributed by atoms with van der Waals surface area (Å²) < 4.78 is 5.01. The molecule has 1 rings (SSSR count). The molecular formula is C7H8O3S2. The summed E-state index contributed by atoms with van der Waals surface area (Å²) in [6, 6.07) is 3.16. The molecule has 0 unspecified atom stereocenters. The Balaban J connectivity index is 2.58. The summed E-state index contributed by atoms with van der Waals surface area (Å²) in [5, 5.41) is 8.52. The predicted octanol–water partition coefficient (Wildman–Crippen LogP) is 2.49. The highest BCUT2D eigenvalue weighted by Crippen LogP contribution is 2.23. The standard InChI is InChI=1S/C7H8O3S2/c1-11-12-4-5-2-3-6(10-5)7(8)9/h2-3H,4H2,1H3,(H,8,9). The van der Waals surface area contributed by atoms with Crippen molar-refractivity contribution in [2.75, 3.05) is 6.26 Å². The molecule has 0 amide bonds. The molecule has 0 fully saturated rings. The van der Waals surface area contributed by atoms with E-state index < -0.39 is 5.97 Å². The first-order chi connectivity index (χ1) is 5.74. The van der Waals surface area contributed by atoms with Gasteiger partial charge in [-0.1, -0.05) is 21.6 Å². The maximum atomic E-state index is 10.4. The second-order valence-corrected chi connectivity index (χ2v) is 4.56. The largest absolute Gasteiger partial charge is 0.475 e. The molecule has 0 saturated carbocycles. The van der Waals surface area contributed by atoms with E-state index in [1.54, 1.807) is 27.7 Å². The lowest BCUT2D eigenvalue weighted by molar-refractivity contribution is 0.0661. The number of carboxylic acids is 1. The van der Waals surface area contributed by atoms with Crippen LogP contribution in [0.4, 0.5) is 0 Å². The fourth-order valence-electron chi connectivity index (χ4n) is 0.687. The Hall–Kier alpha value is -0.550. The van der Waals surface area contributed by atoms with Gasteiger partial charge in [0.2, 0.25) is 5.76 Å². The first-order valence-corrected chi connectivity index (χ1v) is 5.94. The summed E-state index contributed by atoms with van der Waals surface area (Å²) in [6.07, 6.45) is 1.96. The second-order valence-electron chi connectivity index (χ2n) is 2.00. The smallest absolute Gasteiger partial charge is 0.371 e. The van der Waals surface area contributed by atoms with Crippen molar-refractivity contribution in [2.24, 2.45) is 0 Å². The molecular weight excluding hydrogens is 196 g/mol. The second kappa shape index (κ2) is 4.47. The fraction of sp³-hybridized carbons (Fsp3) is 0.286. The monoisotopic (exact) mass is 204 g/mol. The predicted molar refractivity (Wildman–Crippen MR) is 50.5 cm³/mol. The van der Waals surface area contributed by atoms with Crippen LogP contribution in [0, 0.1) is 0 Å². The van der Waals surface area contributed by atoms with Gasteiger partial charge in [-0.05, 0) is 18.4 Å². The number of aromatic carboxylic acids is 1. The minimum Gasteiger partial charge on any atom is -0.475 e. The summed E-state index contributed by atoms with van der Waals surface area (Å²) in [5.74, 6) is 0.392. The SMILES string of the molecule is CSSCc1ccc(C(=O)O)o1. The van der Waals surface area contributed by atoms with Crippen LogP contribution in [0.3, 0.4) is 0 Å². The number of furan rings is 1. The molecule has 0 radical (unpaired) electrons. The van der Waals surface area contributed by atoms with Gasteiger partial charge in [0.25, 0.3) is 0 Å². The van der Waals surface area contributed by atoms with E-state index in [-0.39, 0.29) is 5.76 Å². The van der Waals surface area contributed by atoms with Gasteiger partial charge in [-0.2, -0.15) is 0 Å². The Morgan fingerprint density at radius 2 is 2.42 bits per heavy atom. The van der Waals surface area contributed by atoms with E-state index in [0.717, 1.165) is 0 Å². The quantitative estimate of drug-likeness (QED) is 0.763. The van der Waals surface area contributed by atoms with Crippen molar-refractivity contribution in [3.63, 3.8) is 0 Å². The van der Waals surface area contributed by atoms with Crippen molar-refractivity contribution in [1.29, 1.82) is 0 Å². The van der Waals surface area contributed by atoms with E-state index in [4.69, 9.17) is 9.52 Å². The fourth-order valence-corrected chi connectivity index (χ4v) is 1.78. The van der Waals surface area contributed by atoms with Crippen molar-refractivity contribution in [2.45, 2.75) is 5.75 Å². The van der Waals surface area contributed by atoms with Crippen molar-refractivity contribution < 1.29 is 14.3 Å². The van der Waals surface area contributed by atoms with Gasteiger partial charge in [-0.15, -0.1) is 0 Å². The molecule has 1 heterocycles. The van der Waals surface area contributed by atoms with Crippen LogP contribution in [-0.2, 0) is 5.75 Å². The van der Waals surface area contributed by atoms with Gasteiger partial charge in [0.15, 0.2) is 0 Å². The van der Waals surface area contributed by atoms with Gasteiger partial charge in [-0.25, -0.2) is 4.79 Å². The van der Waals surface area contributed by atoms with Gasteiger partial charge >= 0.3 is 5.97 Å². The minimum atomic E-state index is -1.02. The Labute approximate surface area is 77.9 Å². The number of hydrogen-bond acceptors (Lipinski definition) is 4. The third kappa shape index (κ3) is 2.49. The Bertz CT molecular complexity index is 269. The lowest BCUT2D eigenvalue weighted by atomic mass is 10.4. The lowest BCUT2D eigenvalue weighted by Gasteiger charge is -1.91. The van der Waals surface area contributed by atoms with Crippen molar-refractivity contribution in [3.8, 4) is 0 Å².